The van der Waals surface area contributed by atoms with Gasteiger partial charge in [0.25, 0.3) is 0 Å². The van der Waals surface area contributed by atoms with Crippen LogP contribution in [0.4, 0.5) is 0 Å². The standard InChI is InChI=1S/C57H74N8O11S/c1-6-35(4)49(55(73)62-45(32-38-19-23-40(66)24-20-38)53(71)63-46(57(75)76)33-39-21-25-41(67)26-22-39)64-50(68)42(27-29-77-5)59-51(69)43(30-36-14-9-7-10-15-36)60-52(70)44(31-37-16-11-8-12-17-37)61-54(72)47-18-13-28-65(47)56(74)48(58)34(2)3/h7-12,14-17,19-26,34-35,42-49,66-67H,6,13,18,27-33,58H2,1-5H3,(H,59,69)(H,60,70)(H,61,72)(H,62,73)(H,63,71)(H,64,68)(H,75,76)/t35-,42-,43-,44-,45-,46-,47-,48-,49-/m0/s1. The van der Waals surface area contributed by atoms with Crippen LogP contribution in [-0.2, 0) is 64.0 Å². The number of hydrogen-bond donors (Lipinski definition) is 10. The molecule has 20 heteroatoms. The van der Waals surface area contributed by atoms with Crippen molar-refractivity contribution in [1.29, 1.82) is 0 Å². The number of nitrogens with one attached hydrogen (secondary N) is 6. The fraction of sp³-hybridized carbons (Fsp3) is 0.439. The second-order valence-electron chi connectivity index (χ2n) is 19.9. The Labute approximate surface area is 454 Å². The molecule has 19 nitrogen and oxygen atoms in total. The van der Waals surface area contributed by atoms with E-state index < -0.39 is 95.7 Å². The van der Waals surface area contributed by atoms with E-state index in [-0.39, 0.29) is 55.4 Å². The summed E-state index contributed by atoms with van der Waals surface area (Å²) in [6.07, 6.45) is 2.99. The van der Waals surface area contributed by atoms with Gasteiger partial charge in [-0.2, -0.15) is 11.8 Å². The number of nitrogens with two attached hydrogens (primary N) is 1. The predicted molar refractivity (Wildman–Crippen MR) is 293 cm³/mol. The summed E-state index contributed by atoms with van der Waals surface area (Å²) < 4.78 is 0. The smallest absolute Gasteiger partial charge is 0.326 e. The van der Waals surface area contributed by atoms with Gasteiger partial charge in [0.05, 0.1) is 6.04 Å². The van der Waals surface area contributed by atoms with Gasteiger partial charge in [0.2, 0.25) is 41.4 Å². The minimum absolute atomic E-state index is 0.0145. The Bertz CT molecular complexity index is 2610. The summed E-state index contributed by atoms with van der Waals surface area (Å²) in [4.78, 5) is 114. The van der Waals surface area contributed by atoms with Gasteiger partial charge in [0.15, 0.2) is 0 Å². The SMILES string of the molecule is CC[C@H](C)[C@H](NC(=O)[C@H](CCSC)NC(=O)[C@H](Cc1ccccc1)NC(=O)[C@H](Cc1ccccc1)NC(=O)[C@@H]1CCCN1C(=O)[C@@H](N)C(C)C)C(=O)N[C@@H](Cc1ccc(O)cc1)C(=O)N[C@@H](Cc1ccc(O)cc1)C(=O)O. The van der Waals surface area contributed by atoms with Crippen LogP contribution >= 0.6 is 11.8 Å². The van der Waals surface area contributed by atoms with Crippen molar-refractivity contribution in [2.45, 2.75) is 127 Å². The van der Waals surface area contributed by atoms with E-state index in [1.165, 1.54) is 53.1 Å². The van der Waals surface area contributed by atoms with Crippen molar-refractivity contribution in [1.82, 2.24) is 36.8 Å². The molecular weight excluding hydrogens is 1000 g/mol. The van der Waals surface area contributed by atoms with Crippen LogP contribution in [-0.4, -0.2) is 134 Å². The van der Waals surface area contributed by atoms with Crippen molar-refractivity contribution in [3.63, 3.8) is 0 Å². The number of amides is 7. The number of aromatic hydroxyl groups is 2. The molecule has 0 radical (unpaired) electrons. The van der Waals surface area contributed by atoms with E-state index in [9.17, 15) is 53.7 Å². The number of aliphatic carboxylic acids is 1. The Morgan fingerprint density at radius 1 is 0.584 bits per heavy atom. The zero-order valence-electron chi connectivity index (χ0n) is 44.3. The molecule has 0 bridgehead atoms. The first-order chi connectivity index (χ1) is 36.8. The molecule has 414 valence electrons. The van der Waals surface area contributed by atoms with E-state index in [1.54, 1.807) is 80.6 Å². The molecule has 4 aromatic rings. The molecule has 1 saturated heterocycles. The van der Waals surface area contributed by atoms with Crippen molar-refractivity contribution < 1.29 is 53.7 Å². The van der Waals surface area contributed by atoms with E-state index >= 15 is 0 Å². The van der Waals surface area contributed by atoms with Crippen LogP contribution in [0.3, 0.4) is 0 Å². The van der Waals surface area contributed by atoms with Crippen molar-refractivity contribution >= 4 is 59.1 Å². The number of thioether (sulfide) groups is 1. The third-order valence-corrected chi connectivity index (χ3v) is 14.4. The highest BCUT2D eigenvalue weighted by Crippen LogP contribution is 2.21. The molecule has 0 aliphatic carbocycles. The minimum Gasteiger partial charge on any atom is -0.508 e. The molecule has 0 aromatic heterocycles. The van der Waals surface area contributed by atoms with Gasteiger partial charge in [-0.3, -0.25) is 33.6 Å². The number of nitrogens with zero attached hydrogens (tertiary/aromatic N) is 1. The Morgan fingerprint density at radius 3 is 1.45 bits per heavy atom. The molecule has 77 heavy (non-hydrogen) atoms. The van der Waals surface area contributed by atoms with Gasteiger partial charge in [-0.1, -0.05) is 119 Å². The van der Waals surface area contributed by atoms with Crippen molar-refractivity contribution in [2.24, 2.45) is 17.6 Å². The van der Waals surface area contributed by atoms with Gasteiger partial charge in [0.1, 0.15) is 53.8 Å². The number of phenolic OH excluding ortho intramolecular Hbond substituents is 2. The van der Waals surface area contributed by atoms with Gasteiger partial charge < -0.3 is 57.9 Å². The van der Waals surface area contributed by atoms with Gasteiger partial charge >= 0.3 is 5.97 Å². The Kier molecular flexibility index (Phi) is 23.3. The highest BCUT2D eigenvalue weighted by molar-refractivity contribution is 7.98. The maximum absolute atomic E-state index is 14.7. The molecule has 1 heterocycles. The first kappa shape index (κ1) is 60.4. The molecule has 5 rings (SSSR count). The highest BCUT2D eigenvalue weighted by atomic mass is 32.2. The second-order valence-corrected chi connectivity index (χ2v) is 20.9. The number of benzene rings is 4. The number of carboxylic acid groups (broad SMARTS) is 1. The first-order valence-electron chi connectivity index (χ1n) is 26.0. The summed E-state index contributed by atoms with van der Waals surface area (Å²) in [5, 5.41) is 46.5. The van der Waals surface area contributed by atoms with Crippen LogP contribution in [0.1, 0.15) is 75.6 Å². The first-order valence-corrected chi connectivity index (χ1v) is 27.4. The zero-order chi connectivity index (χ0) is 56.2. The van der Waals surface area contributed by atoms with Gasteiger partial charge in [-0.05, 0) is 89.6 Å². The van der Waals surface area contributed by atoms with E-state index in [2.05, 4.69) is 31.9 Å². The Balaban J connectivity index is 1.39. The number of hydrogen-bond acceptors (Lipinski definition) is 12. The molecule has 1 fully saturated rings. The minimum atomic E-state index is -1.43. The summed E-state index contributed by atoms with van der Waals surface area (Å²) in [6, 6.07) is 20.2. The number of carbonyl (C=O) groups is 8. The maximum atomic E-state index is 14.7. The highest BCUT2D eigenvalue weighted by Gasteiger charge is 2.40. The molecule has 1 aliphatic heterocycles. The third kappa shape index (κ3) is 18.4. The van der Waals surface area contributed by atoms with Crippen LogP contribution in [0.2, 0.25) is 0 Å². The Morgan fingerprint density at radius 2 is 1.00 bits per heavy atom. The molecule has 9 atom stereocenters. The molecule has 7 amide bonds. The number of phenols is 2. The fourth-order valence-electron chi connectivity index (χ4n) is 8.85. The Hall–Kier alpha value is -7.45. The maximum Gasteiger partial charge on any atom is 0.326 e. The van der Waals surface area contributed by atoms with Crippen molar-refractivity contribution in [3.05, 3.63) is 131 Å². The molecule has 1 aliphatic rings. The van der Waals surface area contributed by atoms with E-state index in [1.807, 2.05) is 26.2 Å². The van der Waals surface area contributed by atoms with Gasteiger partial charge in [0, 0.05) is 32.2 Å². The number of carboxylic acids is 1. The van der Waals surface area contributed by atoms with Gasteiger partial charge in [-0.15, -0.1) is 0 Å². The van der Waals surface area contributed by atoms with E-state index in [0.29, 0.717) is 53.8 Å². The molecule has 0 spiro atoms. The van der Waals surface area contributed by atoms with Crippen LogP contribution in [0.25, 0.3) is 0 Å². The van der Waals surface area contributed by atoms with Gasteiger partial charge in [-0.25, -0.2) is 4.79 Å². The van der Waals surface area contributed by atoms with E-state index in [4.69, 9.17) is 5.73 Å². The van der Waals surface area contributed by atoms with E-state index in [0.717, 1.165) is 0 Å². The summed E-state index contributed by atoms with van der Waals surface area (Å²) in [6.45, 7) is 7.51. The molecular formula is C57H74N8O11S. The fourth-order valence-corrected chi connectivity index (χ4v) is 9.32. The predicted octanol–water partition coefficient (Wildman–Crippen LogP) is 3.14. The quantitative estimate of drug-likeness (QED) is 0.0392. The van der Waals surface area contributed by atoms with Crippen LogP contribution in [0, 0.1) is 11.8 Å². The monoisotopic (exact) mass is 1080 g/mol. The summed E-state index contributed by atoms with van der Waals surface area (Å²) in [7, 11) is 0. The van der Waals surface area contributed by atoms with Crippen molar-refractivity contribution in [3.8, 4) is 11.5 Å². The lowest BCUT2D eigenvalue weighted by molar-refractivity contribution is -0.142. The average Bonchev–Trinajstić information content (AvgIpc) is 3.92. The lowest BCUT2D eigenvalue weighted by Gasteiger charge is -2.30. The zero-order valence-corrected chi connectivity index (χ0v) is 45.1. The lowest BCUT2D eigenvalue weighted by atomic mass is 9.96. The lowest BCUT2D eigenvalue weighted by Crippen LogP contribution is -2.61. The third-order valence-electron chi connectivity index (χ3n) is 13.7. The topological polar surface area (TPSA) is 299 Å². The largest absolute Gasteiger partial charge is 0.508 e. The molecule has 0 saturated carbocycles. The molecule has 11 N–H and O–H groups in total. The van der Waals surface area contributed by atoms with Crippen LogP contribution in [0.15, 0.2) is 109 Å². The molecule has 4 aromatic carbocycles. The normalized spacial score (nSPS) is 16.3. The van der Waals surface area contributed by atoms with Crippen molar-refractivity contribution in [2.75, 3.05) is 18.6 Å². The summed E-state index contributed by atoms with van der Waals surface area (Å²) >= 11 is 1.41. The summed E-state index contributed by atoms with van der Waals surface area (Å²) in [5.74, 6) is -6.35. The second kappa shape index (κ2) is 29.7. The average molecular weight is 1080 g/mol. The summed E-state index contributed by atoms with van der Waals surface area (Å²) in [5.41, 5.74) is 8.65. The van der Waals surface area contributed by atoms with Crippen LogP contribution < -0.4 is 37.6 Å². The number of rotatable bonds is 28. The molecule has 0 unspecified atom stereocenters. The van der Waals surface area contributed by atoms with Crippen LogP contribution in [0.5, 0.6) is 11.5 Å². The number of likely N-dealkylation sites (tertiary alicyclic amines) is 1. The number of carbonyl (C=O) groups excluding carboxylic acids is 7.